The van der Waals surface area contributed by atoms with Gasteiger partial charge in [0.05, 0.1) is 12.6 Å². The highest BCUT2D eigenvalue weighted by Gasteiger charge is 2.31. The van der Waals surface area contributed by atoms with Crippen molar-refractivity contribution in [3.63, 3.8) is 0 Å². The van der Waals surface area contributed by atoms with Gasteiger partial charge < -0.3 is 20.6 Å². The van der Waals surface area contributed by atoms with Gasteiger partial charge in [0, 0.05) is 44.0 Å². The van der Waals surface area contributed by atoms with Crippen LogP contribution < -0.4 is 10.6 Å². The van der Waals surface area contributed by atoms with Crippen LogP contribution in [0.2, 0.25) is 0 Å². The number of carbonyl (C=O) groups is 1. The molecule has 0 aromatic carbocycles. The van der Waals surface area contributed by atoms with E-state index in [4.69, 9.17) is 0 Å². The Labute approximate surface area is 167 Å². The number of hydrogen-bond acceptors (Lipinski definition) is 4. The molecular weight excluding hydrogens is 354 g/mol. The molecular formula is C21H33N5O2. The molecule has 0 bridgehead atoms. The van der Waals surface area contributed by atoms with Crippen molar-refractivity contribution in [3.8, 4) is 0 Å². The van der Waals surface area contributed by atoms with Gasteiger partial charge in [-0.1, -0.05) is 19.3 Å². The number of amides is 1. The highest BCUT2D eigenvalue weighted by molar-refractivity contribution is 5.81. The third-order valence-corrected chi connectivity index (χ3v) is 5.65. The zero-order valence-electron chi connectivity index (χ0n) is 16.8. The van der Waals surface area contributed by atoms with Gasteiger partial charge in [-0.3, -0.25) is 14.8 Å². The van der Waals surface area contributed by atoms with Crippen molar-refractivity contribution in [2.75, 3.05) is 26.2 Å². The molecule has 28 heavy (non-hydrogen) atoms. The number of hydrogen-bond donors (Lipinski definition) is 3. The number of guanidine groups is 1. The summed E-state index contributed by atoms with van der Waals surface area (Å²) in [6, 6.07) is 3.79. The highest BCUT2D eigenvalue weighted by atomic mass is 16.3. The van der Waals surface area contributed by atoms with E-state index in [1.54, 1.807) is 24.5 Å². The molecule has 1 aliphatic heterocycles. The molecule has 2 atom stereocenters. The molecule has 154 valence electrons. The van der Waals surface area contributed by atoms with E-state index in [1.165, 1.54) is 19.3 Å². The molecule has 1 saturated carbocycles. The first kappa shape index (κ1) is 20.6. The molecule has 3 rings (SSSR count). The van der Waals surface area contributed by atoms with E-state index in [9.17, 15) is 9.90 Å². The largest absolute Gasteiger partial charge is 0.386 e. The number of aliphatic hydroxyl groups excluding tert-OH is 1. The van der Waals surface area contributed by atoms with Crippen LogP contribution in [0.4, 0.5) is 0 Å². The third-order valence-electron chi connectivity index (χ3n) is 5.65. The van der Waals surface area contributed by atoms with Gasteiger partial charge in [0.1, 0.15) is 0 Å². The van der Waals surface area contributed by atoms with Crippen molar-refractivity contribution in [1.29, 1.82) is 0 Å². The Bertz CT molecular complexity index is 645. The number of nitrogens with one attached hydrogen (secondary N) is 2. The van der Waals surface area contributed by atoms with E-state index in [1.807, 2.05) is 11.8 Å². The molecule has 3 N–H and O–H groups in total. The molecule has 2 aliphatic rings. The van der Waals surface area contributed by atoms with Gasteiger partial charge in [-0.2, -0.15) is 0 Å². The Morgan fingerprint density at radius 2 is 2.04 bits per heavy atom. The molecule has 2 fully saturated rings. The first-order valence-electron chi connectivity index (χ1n) is 10.6. The molecule has 7 heteroatoms. The van der Waals surface area contributed by atoms with Crippen LogP contribution in [0.25, 0.3) is 0 Å². The summed E-state index contributed by atoms with van der Waals surface area (Å²) in [5.41, 5.74) is 0.805. The maximum absolute atomic E-state index is 12.7. The average molecular weight is 388 g/mol. The standard InChI is InChI=1S/C21H33N5O2/c1-2-23-21(24-14-19(27)16-8-11-22-12-9-16)25-18-10-13-26(15-18)20(28)17-6-4-3-5-7-17/h8-9,11-12,17-19,27H,2-7,10,13-15H2,1H3,(H2,23,24,25). The normalized spacial score (nSPS) is 22.1. The van der Waals surface area contributed by atoms with E-state index in [0.717, 1.165) is 44.5 Å². The number of rotatable bonds is 6. The van der Waals surface area contributed by atoms with Crippen LogP contribution in [0, 0.1) is 5.92 Å². The van der Waals surface area contributed by atoms with Crippen LogP contribution in [0.3, 0.4) is 0 Å². The van der Waals surface area contributed by atoms with E-state index < -0.39 is 6.10 Å². The lowest BCUT2D eigenvalue weighted by Gasteiger charge is -2.26. The zero-order chi connectivity index (χ0) is 19.8. The minimum atomic E-state index is -0.661. The van der Waals surface area contributed by atoms with Gasteiger partial charge in [-0.25, -0.2) is 0 Å². The van der Waals surface area contributed by atoms with Crippen molar-refractivity contribution in [3.05, 3.63) is 30.1 Å². The smallest absolute Gasteiger partial charge is 0.225 e. The van der Waals surface area contributed by atoms with Gasteiger partial charge in [-0.05, 0) is 43.9 Å². The summed E-state index contributed by atoms with van der Waals surface area (Å²) in [6.45, 7) is 4.58. The summed E-state index contributed by atoms with van der Waals surface area (Å²) < 4.78 is 0. The lowest BCUT2D eigenvalue weighted by Crippen LogP contribution is -2.45. The van der Waals surface area contributed by atoms with Crippen molar-refractivity contribution >= 4 is 11.9 Å². The summed E-state index contributed by atoms with van der Waals surface area (Å²) in [5, 5.41) is 17.0. The second-order valence-electron chi connectivity index (χ2n) is 7.77. The molecule has 1 saturated heterocycles. The van der Waals surface area contributed by atoms with Crippen molar-refractivity contribution in [2.24, 2.45) is 10.9 Å². The van der Waals surface area contributed by atoms with Crippen LogP contribution in [0.15, 0.2) is 29.5 Å². The van der Waals surface area contributed by atoms with E-state index in [2.05, 4.69) is 20.6 Å². The fraction of sp³-hybridized carbons (Fsp3) is 0.667. The number of carbonyl (C=O) groups excluding carboxylic acids is 1. The van der Waals surface area contributed by atoms with Crippen molar-refractivity contribution in [2.45, 2.75) is 57.6 Å². The van der Waals surface area contributed by atoms with Crippen molar-refractivity contribution < 1.29 is 9.90 Å². The topological polar surface area (TPSA) is 89.8 Å². The number of aliphatic hydroxyl groups is 1. The van der Waals surface area contributed by atoms with E-state index in [0.29, 0.717) is 11.9 Å². The fourth-order valence-electron chi connectivity index (χ4n) is 4.07. The average Bonchev–Trinajstić information content (AvgIpc) is 3.21. The molecule has 1 aliphatic carbocycles. The van der Waals surface area contributed by atoms with Gasteiger partial charge >= 0.3 is 0 Å². The predicted molar refractivity (Wildman–Crippen MR) is 110 cm³/mol. The number of pyridine rings is 1. The second kappa shape index (κ2) is 10.4. The van der Waals surface area contributed by atoms with E-state index in [-0.39, 0.29) is 18.5 Å². The number of nitrogens with zero attached hydrogens (tertiary/aromatic N) is 3. The first-order valence-corrected chi connectivity index (χ1v) is 10.6. The zero-order valence-corrected chi connectivity index (χ0v) is 16.8. The Morgan fingerprint density at radius 1 is 1.29 bits per heavy atom. The van der Waals surface area contributed by atoms with Crippen LogP contribution in [-0.4, -0.2) is 59.1 Å². The van der Waals surface area contributed by atoms with Crippen LogP contribution in [0.1, 0.15) is 57.1 Å². The quantitative estimate of drug-likeness (QED) is 0.512. The summed E-state index contributed by atoms with van der Waals surface area (Å²) in [6.07, 6.45) is 9.33. The van der Waals surface area contributed by atoms with E-state index >= 15 is 0 Å². The summed E-state index contributed by atoms with van der Waals surface area (Å²) >= 11 is 0. The summed E-state index contributed by atoms with van der Waals surface area (Å²) in [5.74, 6) is 1.25. The lowest BCUT2D eigenvalue weighted by atomic mass is 9.88. The molecule has 0 spiro atoms. The summed E-state index contributed by atoms with van der Waals surface area (Å²) in [4.78, 5) is 23.3. The second-order valence-corrected chi connectivity index (χ2v) is 7.77. The molecule has 0 radical (unpaired) electrons. The van der Waals surface area contributed by atoms with Gasteiger partial charge in [0.2, 0.25) is 5.91 Å². The van der Waals surface area contributed by atoms with Crippen LogP contribution >= 0.6 is 0 Å². The van der Waals surface area contributed by atoms with Crippen LogP contribution in [-0.2, 0) is 4.79 Å². The summed E-state index contributed by atoms with van der Waals surface area (Å²) in [7, 11) is 0. The highest BCUT2D eigenvalue weighted by Crippen LogP contribution is 2.26. The molecule has 2 unspecified atom stereocenters. The monoisotopic (exact) mass is 387 g/mol. The molecule has 1 aromatic rings. The van der Waals surface area contributed by atoms with Crippen LogP contribution in [0.5, 0.6) is 0 Å². The number of likely N-dealkylation sites (tertiary alicyclic amines) is 1. The Kier molecular flexibility index (Phi) is 7.65. The third kappa shape index (κ3) is 5.67. The maximum Gasteiger partial charge on any atom is 0.225 e. The van der Waals surface area contributed by atoms with Gasteiger partial charge in [-0.15, -0.1) is 0 Å². The molecule has 2 heterocycles. The Balaban J connectivity index is 1.52. The number of aliphatic imine (C=N–C) groups is 1. The van der Waals surface area contributed by atoms with Gasteiger partial charge in [0.15, 0.2) is 5.96 Å². The Morgan fingerprint density at radius 3 is 2.75 bits per heavy atom. The lowest BCUT2D eigenvalue weighted by molar-refractivity contribution is -0.135. The molecule has 1 amide bonds. The predicted octanol–water partition coefficient (Wildman–Crippen LogP) is 1.85. The van der Waals surface area contributed by atoms with Crippen molar-refractivity contribution in [1.82, 2.24) is 20.5 Å². The minimum Gasteiger partial charge on any atom is -0.386 e. The first-order chi connectivity index (χ1) is 13.7. The SMILES string of the molecule is CCNC(=NCC(O)c1ccncc1)NC1CCN(C(=O)C2CCCCC2)C1. The molecule has 1 aromatic heterocycles. The minimum absolute atomic E-state index is 0.198. The maximum atomic E-state index is 12.7. The fourth-order valence-corrected chi connectivity index (χ4v) is 4.07. The Hall–Kier alpha value is -2.15. The number of aromatic nitrogens is 1. The van der Waals surface area contributed by atoms with Gasteiger partial charge in [0.25, 0.3) is 0 Å². The molecule has 7 nitrogen and oxygen atoms in total.